The Morgan fingerprint density at radius 2 is 1.80 bits per heavy atom. The van der Waals surface area contributed by atoms with Crippen molar-refractivity contribution < 1.29 is 14.3 Å². The molecule has 1 rings (SSSR count). The van der Waals surface area contributed by atoms with Gasteiger partial charge in [-0.05, 0) is 33.6 Å². The van der Waals surface area contributed by atoms with Gasteiger partial charge in [0.05, 0.1) is 6.04 Å². The number of carbonyl (C=O) groups excluding carboxylic acids is 1. The maximum absolute atomic E-state index is 11.3. The van der Waals surface area contributed by atoms with Crippen LogP contribution in [0.3, 0.4) is 0 Å². The number of piperidine rings is 1. The molecule has 118 valence electrons. The minimum atomic E-state index is -0.173. The fraction of sp³-hybridized carbons (Fsp3) is 0.929. The zero-order valence-electron chi connectivity index (χ0n) is 13.1. The summed E-state index contributed by atoms with van der Waals surface area (Å²) in [5, 5.41) is 5.56. The van der Waals surface area contributed by atoms with Crippen LogP contribution < -0.4 is 10.6 Å². The maximum atomic E-state index is 11.3. The van der Waals surface area contributed by atoms with E-state index in [-0.39, 0.29) is 24.4 Å². The molecule has 0 radical (unpaired) electrons. The van der Waals surface area contributed by atoms with Gasteiger partial charge >= 0.3 is 6.03 Å². The van der Waals surface area contributed by atoms with E-state index in [4.69, 9.17) is 9.47 Å². The van der Waals surface area contributed by atoms with Crippen LogP contribution >= 0.6 is 0 Å². The molecule has 6 nitrogen and oxygen atoms in total. The Labute approximate surface area is 122 Å². The molecule has 2 amide bonds. The smallest absolute Gasteiger partial charge is 0.314 e. The summed E-state index contributed by atoms with van der Waals surface area (Å²) in [5.74, 6) is 0. The van der Waals surface area contributed by atoms with Crippen LogP contribution in [0.1, 0.15) is 33.6 Å². The SMILES string of the molecule is CCOC(OCC)C(C)N1CCC(NC(=O)NC)CC1. The highest BCUT2D eigenvalue weighted by Crippen LogP contribution is 2.17. The second kappa shape index (κ2) is 9.15. The zero-order valence-corrected chi connectivity index (χ0v) is 13.1. The molecule has 6 heteroatoms. The van der Waals surface area contributed by atoms with Gasteiger partial charge in [0.2, 0.25) is 0 Å². The van der Waals surface area contributed by atoms with Gasteiger partial charge in [-0.2, -0.15) is 0 Å². The number of amides is 2. The molecule has 20 heavy (non-hydrogen) atoms. The summed E-state index contributed by atoms with van der Waals surface area (Å²) < 4.78 is 11.3. The number of nitrogens with one attached hydrogen (secondary N) is 2. The molecule has 0 aromatic rings. The monoisotopic (exact) mass is 287 g/mol. The topological polar surface area (TPSA) is 62.8 Å². The minimum absolute atomic E-state index is 0.0991. The van der Waals surface area contributed by atoms with Gasteiger partial charge in [-0.1, -0.05) is 0 Å². The molecule has 2 N–H and O–H groups in total. The first-order valence-corrected chi connectivity index (χ1v) is 7.57. The van der Waals surface area contributed by atoms with Crippen LogP contribution in [0.25, 0.3) is 0 Å². The molecule has 1 saturated heterocycles. The van der Waals surface area contributed by atoms with Crippen molar-refractivity contribution in [3.63, 3.8) is 0 Å². The Morgan fingerprint density at radius 3 is 2.25 bits per heavy atom. The number of carbonyl (C=O) groups is 1. The first-order valence-electron chi connectivity index (χ1n) is 7.57. The first-order chi connectivity index (χ1) is 9.62. The van der Waals surface area contributed by atoms with Gasteiger partial charge in [0.1, 0.15) is 0 Å². The normalized spacial score (nSPS) is 19.1. The summed E-state index contributed by atoms with van der Waals surface area (Å²) in [7, 11) is 1.64. The molecule has 1 unspecified atom stereocenters. The van der Waals surface area contributed by atoms with Gasteiger partial charge in [-0.3, -0.25) is 4.90 Å². The van der Waals surface area contributed by atoms with Crippen LogP contribution in [0.15, 0.2) is 0 Å². The quantitative estimate of drug-likeness (QED) is 0.690. The second-order valence-electron chi connectivity index (χ2n) is 5.05. The molecular weight excluding hydrogens is 258 g/mol. The van der Waals surface area contributed by atoms with Crippen molar-refractivity contribution in [2.45, 2.75) is 52.0 Å². The average Bonchev–Trinajstić information content (AvgIpc) is 2.47. The zero-order chi connectivity index (χ0) is 15.0. The highest BCUT2D eigenvalue weighted by atomic mass is 16.7. The van der Waals surface area contributed by atoms with Crippen molar-refractivity contribution in [3.05, 3.63) is 0 Å². The van der Waals surface area contributed by atoms with E-state index in [2.05, 4.69) is 22.5 Å². The van der Waals surface area contributed by atoms with Gasteiger partial charge in [0, 0.05) is 39.4 Å². The van der Waals surface area contributed by atoms with Crippen LogP contribution in [-0.4, -0.2) is 62.7 Å². The lowest BCUT2D eigenvalue weighted by Gasteiger charge is -2.38. The number of hydrogen-bond acceptors (Lipinski definition) is 4. The van der Waals surface area contributed by atoms with Crippen LogP contribution in [0, 0.1) is 0 Å². The Bertz CT molecular complexity index is 275. The Balaban J connectivity index is 2.40. The van der Waals surface area contributed by atoms with E-state index < -0.39 is 0 Å². The number of likely N-dealkylation sites (tertiary alicyclic amines) is 1. The molecule has 0 aromatic heterocycles. The standard InChI is InChI=1S/C14H29N3O3/c1-5-19-13(20-6-2)11(3)17-9-7-12(8-10-17)16-14(18)15-4/h11-13H,5-10H2,1-4H3,(H2,15,16,18). The number of hydrogen-bond donors (Lipinski definition) is 2. The lowest BCUT2D eigenvalue weighted by molar-refractivity contribution is -0.172. The Hall–Kier alpha value is -0.850. The summed E-state index contributed by atoms with van der Waals surface area (Å²) in [6.45, 7) is 9.32. The molecule has 1 aliphatic rings. The molecule has 1 aliphatic heterocycles. The number of ether oxygens (including phenoxy) is 2. The molecule has 1 atom stereocenters. The molecule has 1 fully saturated rings. The van der Waals surface area contributed by atoms with E-state index >= 15 is 0 Å². The van der Waals surface area contributed by atoms with E-state index in [0.717, 1.165) is 25.9 Å². The van der Waals surface area contributed by atoms with E-state index in [0.29, 0.717) is 13.2 Å². The van der Waals surface area contributed by atoms with Crippen molar-refractivity contribution in [3.8, 4) is 0 Å². The Morgan fingerprint density at radius 1 is 1.25 bits per heavy atom. The average molecular weight is 287 g/mol. The van der Waals surface area contributed by atoms with Crippen LogP contribution in [0.5, 0.6) is 0 Å². The third-order valence-corrected chi connectivity index (χ3v) is 3.72. The summed E-state index contributed by atoms with van der Waals surface area (Å²) in [4.78, 5) is 13.7. The Kier molecular flexibility index (Phi) is 7.87. The minimum Gasteiger partial charge on any atom is -0.351 e. The molecule has 0 aromatic carbocycles. The van der Waals surface area contributed by atoms with Crippen LogP contribution in [-0.2, 0) is 9.47 Å². The van der Waals surface area contributed by atoms with E-state index in [1.54, 1.807) is 7.05 Å². The first kappa shape index (κ1) is 17.2. The van der Waals surface area contributed by atoms with Crippen molar-refractivity contribution in [2.24, 2.45) is 0 Å². The summed E-state index contributed by atoms with van der Waals surface area (Å²) in [6, 6.07) is 0.393. The predicted molar refractivity (Wildman–Crippen MR) is 78.7 cm³/mol. The maximum Gasteiger partial charge on any atom is 0.314 e. The molecule has 0 bridgehead atoms. The highest BCUT2D eigenvalue weighted by molar-refractivity contribution is 5.73. The molecular formula is C14H29N3O3. The number of urea groups is 1. The van der Waals surface area contributed by atoms with Crippen LogP contribution in [0.2, 0.25) is 0 Å². The third-order valence-electron chi connectivity index (χ3n) is 3.72. The van der Waals surface area contributed by atoms with Gasteiger partial charge in [-0.15, -0.1) is 0 Å². The molecule has 0 aliphatic carbocycles. The van der Waals surface area contributed by atoms with Crippen molar-refractivity contribution in [1.82, 2.24) is 15.5 Å². The third kappa shape index (κ3) is 5.26. The van der Waals surface area contributed by atoms with Crippen LogP contribution in [0.4, 0.5) is 4.79 Å². The fourth-order valence-electron chi connectivity index (χ4n) is 2.54. The lowest BCUT2D eigenvalue weighted by atomic mass is 10.0. The predicted octanol–water partition coefficient (Wildman–Crippen LogP) is 1.17. The number of rotatable bonds is 7. The fourth-order valence-corrected chi connectivity index (χ4v) is 2.54. The van der Waals surface area contributed by atoms with Crippen molar-refractivity contribution >= 4 is 6.03 Å². The summed E-state index contributed by atoms with van der Waals surface area (Å²) >= 11 is 0. The van der Waals surface area contributed by atoms with Crippen molar-refractivity contribution in [2.75, 3.05) is 33.4 Å². The van der Waals surface area contributed by atoms with Gasteiger partial charge in [-0.25, -0.2) is 4.79 Å². The van der Waals surface area contributed by atoms with Gasteiger partial charge in [0.15, 0.2) is 6.29 Å². The number of nitrogens with zero attached hydrogens (tertiary/aromatic N) is 1. The largest absolute Gasteiger partial charge is 0.351 e. The molecule has 0 saturated carbocycles. The van der Waals surface area contributed by atoms with Gasteiger partial charge < -0.3 is 20.1 Å². The highest BCUT2D eigenvalue weighted by Gasteiger charge is 2.28. The van der Waals surface area contributed by atoms with E-state index in [1.807, 2.05) is 13.8 Å². The van der Waals surface area contributed by atoms with Gasteiger partial charge in [0.25, 0.3) is 0 Å². The second-order valence-corrected chi connectivity index (χ2v) is 5.05. The van der Waals surface area contributed by atoms with Crippen molar-refractivity contribution in [1.29, 1.82) is 0 Å². The summed E-state index contributed by atoms with van der Waals surface area (Å²) in [6.07, 6.45) is 1.75. The molecule has 1 heterocycles. The lowest BCUT2D eigenvalue weighted by Crippen LogP contribution is -2.52. The molecule has 0 spiro atoms. The van der Waals surface area contributed by atoms with E-state index in [9.17, 15) is 4.79 Å². The van der Waals surface area contributed by atoms with E-state index in [1.165, 1.54) is 0 Å². The summed E-state index contributed by atoms with van der Waals surface area (Å²) in [5.41, 5.74) is 0.